The maximum Gasteiger partial charge on any atom is 0.259 e. The van der Waals surface area contributed by atoms with Crippen molar-refractivity contribution in [1.82, 2.24) is 5.32 Å². The van der Waals surface area contributed by atoms with Crippen molar-refractivity contribution in [2.45, 2.75) is 6.04 Å². The third-order valence-corrected chi connectivity index (χ3v) is 2.94. The number of hydrogen-bond donors (Lipinski definition) is 4. The third-order valence-electron chi connectivity index (χ3n) is 2.94. The van der Waals surface area contributed by atoms with Gasteiger partial charge < -0.3 is 20.6 Å². The summed E-state index contributed by atoms with van der Waals surface area (Å²) in [7, 11) is 0. The van der Waals surface area contributed by atoms with Crippen LogP contribution in [0.3, 0.4) is 0 Å². The Kier molecular flexibility index (Phi) is 4.22. The van der Waals surface area contributed by atoms with Crippen molar-refractivity contribution in [1.29, 1.82) is 0 Å². The molecule has 0 aromatic heterocycles. The van der Waals surface area contributed by atoms with E-state index in [0.717, 1.165) is 5.56 Å². The standard InChI is InChI=1S/C15H15NO4/c17-9-11(10-5-2-1-3-6-10)16-15(20)14-12(18)7-4-8-13(14)19/h1-8,11,17-19H,9H2,(H,16,20)/t11-/m0/s1. The predicted octanol–water partition coefficient (Wildman–Crippen LogP) is 1.56. The second-order valence-electron chi connectivity index (χ2n) is 4.29. The largest absolute Gasteiger partial charge is 0.507 e. The lowest BCUT2D eigenvalue weighted by Gasteiger charge is -2.17. The molecular formula is C15H15NO4. The van der Waals surface area contributed by atoms with Crippen molar-refractivity contribution in [2.75, 3.05) is 6.61 Å². The summed E-state index contributed by atoms with van der Waals surface area (Å²) in [6, 6.07) is 12.4. The summed E-state index contributed by atoms with van der Waals surface area (Å²) >= 11 is 0. The number of phenolic OH excluding ortho intramolecular Hbond substituents is 2. The second-order valence-corrected chi connectivity index (χ2v) is 4.29. The Morgan fingerprint density at radius 3 is 2.15 bits per heavy atom. The van der Waals surface area contributed by atoms with Gasteiger partial charge in [0.15, 0.2) is 0 Å². The van der Waals surface area contributed by atoms with E-state index in [1.165, 1.54) is 18.2 Å². The van der Waals surface area contributed by atoms with Crippen LogP contribution >= 0.6 is 0 Å². The Morgan fingerprint density at radius 2 is 1.60 bits per heavy atom. The average Bonchev–Trinajstić information content (AvgIpc) is 2.45. The number of phenols is 2. The highest BCUT2D eigenvalue weighted by atomic mass is 16.3. The summed E-state index contributed by atoms with van der Waals surface area (Å²) in [6.45, 7) is -0.288. The van der Waals surface area contributed by atoms with E-state index in [0.29, 0.717) is 0 Å². The maximum atomic E-state index is 12.1. The topological polar surface area (TPSA) is 89.8 Å². The van der Waals surface area contributed by atoms with Gasteiger partial charge in [-0.25, -0.2) is 0 Å². The molecule has 104 valence electrons. The van der Waals surface area contributed by atoms with Crippen LogP contribution in [0.4, 0.5) is 0 Å². The average molecular weight is 273 g/mol. The highest BCUT2D eigenvalue weighted by molar-refractivity contribution is 5.99. The number of rotatable bonds is 4. The van der Waals surface area contributed by atoms with Crippen LogP contribution in [0.1, 0.15) is 22.0 Å². The molecule has 0 heterocycles. The number of aromatic hydroxyl groups is 2. The highest BCUT2D eigenvalue weighted by Gasteiger charge is 2.20. The fourth-order valence-electron chi connectivity index (χ4n) is 1.91. The molecule has 0 aliphatic heterocycles. The summed E-state index contributed by atoms with van der Waals surface area (Å²) in [5, 5.41) is 31.2. The lowest BCUT2D eigenvalue weighted by Crippen LogP contribution is -2.30. The smallest absolute Gasteiger partial charge is 0.259 e. The van der Waals surface area contributed by atoms with Crippen molar-refractivity contribution >= 4 is 5.91 Å². The van der Waals surface area contributed by atoms with Crippen molar-refractivity contribution in [3.8, 4) is 11.5 Å². The zero-order valence-electron chi connectivity index (χ0n) is 10.7. The Hall–Kier alpha value is -2.53. The van der Waals surface area contributed by atoms with Gasteiger partial charge in [0, 0.05) is 0 Å². The molecule has 2 rings (SSSR count). The molecule has 1 amide bonds. The lowest BCUT2D eigenvalue weighted by atomic mass is 10.1. The van der Waals surface area contributed by atoms with Gasteiger partial charge in [-0.3, -0.25) is 4.79 Å². The molecule has 0 saturated heterocycles. The first kappa shape index (κ1) is 13.9. The van der Waals surface area contributed by atoms with Crippen molar-refractivity contribution in [3.05, 3.63) is 59.7 Å². The minimum absolute atomic E-state index is 0.207. The molecule has 2 aromatic carbocycles. The Balaban J connectivity index is 2.22. The molecule has 4 N–H and O–H groups in total. The van der Waals surface area contributed by atoms with Gasteiger partial charge in [0.1, 0.15) is 17.1 Å². The predicted molar refractivity (Wildman–Crippen MR) is 73.5 cm³/mol. The minimum atomic E-state index is -0.650. The van der Waals surface area contributed by atoms with Gasteiger partial charge in [-0.1, -0.05) is 36.4 Å². The molecule has 0 fully saturated rings. The Labute approximate surface area is 116 Å². The van der Waals surface area contributed by atoms with Crippen LogP contribution in [0.15, 0.2) is 48.5 Å². The zero-order chi connectivity index (χ0) is 14.5. The number of hydrogen-bond acceptors (Lipinski definition) is 4. The number of aliphatic hydroxyl groups excluding tert-OH is 1. The van der Waals surface area contributed by atoms with Crippen molar-refractivity contribution in [3.63, 3.8) is 0 Å². The molecule has 20 heavy (non-hydrogen) atoms. The normalized spacial score (nSPS) is 11.8. The van der Waals surface area contributed by atoms with Crippen molar-refractivity contribution in [2.24, 2.45) is 0 Å². The summed E-state index contributed by atoms with van der Waals surface area (Å²) in [4.78, 5) is 12.1. The third kappa shape index (κ3) is 2.89. The highest BCUT2D eigenvalue weighted by Crippen LogP contribution is 2.26. The van der Waals surface area contributed by atoms with E-state index in [1.54, 1.807) is 24.3 Å². The molecule has 0 saturated carbocycles. The number of amides is 1. The van der Waals surface area contributed by atoms with Gasteiger partial charge in [-0.2, -0.15) is 0 Å². The molecule has 2 aromatic rings. The molecule has 0 bridgehead atoms. The molecule has 5 heteroatoms. The maximum absolute atomic E-state index is 12.1. The summed E-state index contributed by atoms with van der Waals surface area (Å²) < 4.78 is 0. The molecule has 1 atom stereocenters. The van der Waals surface area contributed by atoms with Crippen LogP contribution in [-0.4, -0.2) is 27.8 Å². The monoisotopic (exact) mass is 273 g/mol. The summed E-state index contributed by atoms with van der Waals surface area (Å²) in [5.74, 6) is -1.27. The molecule has 5 nitrogen and oxygen atoms in total. The molecule has 0 aliphatic carbocycles. The number of aliphatic hydroxyl groups is 1. The van der Waals surface area contributed by atoms with E-state index in [9.17, 15) is 20.1 Å². The van der Waals surface area contributed by atoms with E-state index in [4.69, 9.17) is 0 Å². The zero-order valence-corrected chi connectivity index (χ0v) is 10.7. The number of nitrogens with one attached hydrogen (secondary N) is 1. The lowest BCUT2D eigenvalue weighted by molar-refractivity contribution is 0.0910. The first-order valence-electron chi connectivity index (χ1n) is 6.11. The SMILES string of the molecule is O=C(N[C@@H](CO)c1ccccc1)c1c(O)cccc1O. The van der Waals surface area contributed by atoms with E-state index in [-0.39, 0.29) is 23.7 Å². The van der Waals surface area contributed by atoms with Crippen molar-refractivity contribution < 1.29 is 20.1 Å². The molecule has 0 unspecified atom stereocenters. The van der Waals surface area contributed by atoms with E-state index >= 15 is 0 Å². The number of carbonyl (C=O) groups is 1. The second kappa shape index (κ2) is 6.08. The summed E-state index contributed by atoms with van der Waals surface area (Å²) in [5.41, 5.74) is 0.528. The van der Waals surface area contributed by atoms with Crippen LogP contribution in [0.25, 0.3) is 0 Å². The summed E-state index contributed by atoms with van der Waals surface area (Å²) in [6.07, 6.45) is 0. The van der Waals surface area contributed by atoms with Crippen LogP contribution in [-0.2, 0) is 0 Å². The fourth-order valence-corrected chi connectivity index (χ4v) is 1.91. The Bertz CT molecular complexity index is 578. The molecule has 0 spiro atoms. The molecule has 0 radical (unpaired) electrons. The van der Waals surface area contributed by atoms with Gasteiger partial charge in [0.2, 0.25) is 0 Å². The van der Waals surface area contributed by atoms with Gasteiger partial charge in [0.05, 0.1) is 12.6 Å². The van der Waals surface area contributed by atoms with E-state index < -0.39 is 11.9 Å². The fraction of sp³-hybridized carbons (Fsp3) is 0.133. The van der Waals surface area contributed by atoms with Gasteiger partial charge in [-0.05, 0) is 17.7 Å². The van der Waals surface area contributed by atoms with E-state index in [2.05, 4.69) is 5.32 Å². The van der Waals surface area contributed by atoms with Crippen LogP contribution < -0.4 is 5.32 Å². The quantitative estimate of drug-likeness (QED) is 0.680. The first-order valence-corrected chi connectivity index (χ1v) is 6.11. The van der Waals surface area contributed by atoms with Crippen LogP contribution in [0.2, 0.25) is 0 Å². The molecular weight excluding hydrogens is 258 g/mol. The number of benzene rings is 2. The van der Waals surface area contributed by atoms with Gasteiger partial charge in [0.25, 0.3) is 5.91 Å². The minimum Gasteiger partial charge on any atom is -0.507 e. The number of carbonyl (C=O) groups excluding carboxylic acids is 1. The van der Waals surface area contributed by atoms with Gasteiger partial charge >= 0.3 is 0 Å². The van der Waals surface area contributed by atoms with Crippen LogP contribution in [0.5, 0.6) is 11.5 Å². The Morgan fingerprint density at radius 1 is 1.00 bits per heavy atom. The van der Waals surface area contributed by atoms with E-state index in [1.807, 2.05) is 6.07 Å². The molecule has 0 aliphatic rings. The van der Waals surface area contributed by atoms with Crippen LogP contribution in [0, 0.1) is 0 Å². The van der Waals surface area contributed by atoms with Gasteiger partial charge in [-0.15, -0.1) is 0 Å². The first-order chi connectivity index (χ1) is 9.63.